The molecule has 1 rings (SSSR count). The van der Waals surface area contributed by atoms with Gasteiger partial charge in [0.05, 0.1) is 6.10 Å². The Labute approximate surface area is 83.8 Å². The molecule has 0 bridgehead atoms. The van der Waals surface area contributed by atoms with Crippen LogP contribution < -0.4 is 10.6 Å². The summed E-state index contributed by atoms with van der Waals surface area (Å²) in [6.45, 7) is 1.99. The van der Waals surface area contributed by atoms with Gasteiger partial charge >= 0.3 is 6.03 Å². The first-order valence-corrected chi connectivity index (χ1v) is 5.07. The van der Waals surface area contributed by atoms with Crippen LogP contribution in [0.15, 0.2) is 0 Å². The molecule has 1 atom stereocenters. The highest BCUT2D eigenvalue weighted by Crippen LogP contribution is 2.10. The van der Waals surface area contributed by atoms with Crippen LogP contribution in [0, 0.1) is 0 Å². The summed E-state index contributed by atoms with van der Waals surface area (Å²) in [6.07, 6.45) is 2.88. The van der Waals surface area contributed by atoms with E-state index in [1.54, 1.807) is 0 Å². The summed E-state index contributed by atoms with van der Waals surface area (Å²) in [5, 5.41) is 13.9. The van der Waals surface area contributed by atoms with Gasteiger partial charge in [-0.05, 0) is 19.3 Å². The van der Waals surface area contributed by atoms with Gasteiger partial charge in [0.1, 0.15) is 0 Å². The van der Waals surface area contributed by atoms with Gasteiger partial charge in [0, 0.05) is 26.3 Å². The summed E-state index contributed by atoms with van der Waals surface area (Å²) < 4.78 is 5.35. The fourth-order valence-corrected chi connectivity index (χ4v) is 1.36. The number of nitrogens with one attached hydrogen (secondary N) is 2. The topological polar surface area (TPSA) is 70.6 Å². The van der Waals surface area contributed by atoms with Crippen molar-refractivity contribution in [2.45, 2.75) is 25.4 Å². The van der Waals surface area contributed by atoms with Crippen LogP contribution in [0.5, 0.6) is 0 Å². The van der Waals surface area contributed by atoms with Crippen molar-refractivity contribution in [3.8, 4) is 0 Å². The minimum Gasteiger partial charge on any atom is -0.396 e. The van der Waals surface area contributed by atoms with Crippen LogP contribution in [-0.2, 0) is 4.74 Å². The molecular weight excluding hydrogens is 184 g/mol. The standard InChI is InChI=1S/C9H18N2O3/c12-5-2-4-10-9(13)11-7-8-3-1-6-14-8/h8,12H,1-7H2,(H2,10,11,13). The number of urea groups is 1. The molecule has 5 heteroatoms. The number of ether oxygens (including phenoxy) is 1. The molecule has 1 unspecified atom stereocenters. The van der Waals surface area contributed by atoms with E-state index < -0.39 is 0 Å². The van der Waals surface area contributed by atoms with Gasteiger partial charge in [-0.3, -0.25) is 0 Å². The van der Waals surface area contributed by atoms with E-state index in [4.69, 9.17) is 9.84 Å². The molecular formula is C9H18N2O3. The third kappa shape index (κ3) is 4.43. The number of aliphatic hydroxyl groups excluding tert-OH is 1. The zero-order chi connectivity index (χ0) is 10.2. The summed E-state index contributed by atoms with van der Waals surface area (Å²) in [5.41, 5.74) is 0. The molecule has 0 aromatic carbocycles. The Kier molecular flexibility index (Phi) is 5.32. The summed E-state index contributed by atoms with van der Waals surface area (Å²) in [4.78, 5) is 11.1. The van der Waals surface area contributed by atoms with Crippen LogP contribution in [0.4, 0.5) is 4.79 Å². The molecule has 0 aromatic heterocycles. The Morgan fingerprint density at radius 1 is 1.50 bits per heavy atom. The Morgan fingerprint density at radius 3 is 3.00 bits per heavy atom. The Balaban J connectivity index is 1.96. The SMILES string of the molecule is O=C(NCCCO)NCC1CCCO1. The normalized spacial score (nSPS) is 20.8. The number of aliphatic hydroxyl groups is 1. The Hall–Kier alpha value is -0.810. The molecule has 82 valence electrons. The van der Waals surface area contributed by atoms with Crippen LogP contribution in [0.3, 0.4) is 0 Å². The molecule has 0 saturated carbocycles. The quantitative estimate of drug-likeness (QED) is 0.543. The number of hydrogen-bond acceptors (Lipinski definition) is 3. The highest BCUT2D eigenvalue weighted by atomic mass is 16.5. The van der Waals surface area contributed by atoms with Gasteiger partial charge in [0.15, 0.2) is 0 Å². The van der Waals surface area contributed by atoms with Crippen LogP contribution >= 0.6 is 0 Å². The molecule has 3 N–H and O–H groups in total. The van der Waals surface area contributed by atoms with Gasteiger partial charge in [-0.2, -0.15) is 0 Å². The fraction of sp³-hybridized carbons (Fsp3) is 0.889. The fourth-order valence-electron chi connectivity index (χ4n) is 1.36. The number of amides is 2. The van der Waals surface area contributed by atoms with Crippen molar-refractivity contribution in [3.05, 3.63) is 0 Å². The van der Waals surface area contributed by atoms with E-state index >= 15 is 0 Å². The Morgan fingerprint density at radius 2 is 2.36 bits per heavy atom. The lowest BCUT2D eigenvalue weighted by Crippen LogP contribution is -2.40. The van der Waals surface area contributed by atoms with Gasteiger partial charge in [-0.15, -0.1) is 0 Å². The maximum absolute atomic E-state index is 11.1. The van der Waals surface area contributed by atoms with Gasteiger partial charge in [0.2, 0.25) is 0 Å². The number of carbonyl (C=O) groups is 1. The minimum atomic E-state index is -0.186. The third-order valence-corrected chi connectivity index (χ3v) is 2.13. The summed E-state index contributed by atoms with van der Waals surface area (Å²) in [7, 11) is 0. The van der Waals surface area contributed by atoms with Gasteiger partial charge in [-0.25, -0.2) is 4.79 Å². The van der Waals surface area contributed by atoms with Crippen molar-refractivity contribution < 1.29 is 14.6 Å². The van der Waals surface area contributed by atoms with Crippen molar-refractivity contribution in [2.24, 2.45) is 0 Å². The van der Waals surface area contributed by atoms with E-state index in [-0.39, 0.29) is 18.7 Å². The molecule has 0 radical (unpaired) electrons. The summed E-state index contributed by atoms with van der Waals surface area (Å²) >= 11 is 0. The van der Waals surface area contributed by atoms with Crippen LogP contribution in [0.2, 0.25) is 0 Å². The monoisotopic (exact) mass is 202 g/mol. The second-order valence-corrected chi connectivity index (χ2v) is 3.35. The molecule has 1 fully saturated rings. The second kappa shape index (κ2) is 6.62. The van der Waals surface area contributed by atoms with Crippen LogP contribution in [-0.4, -0.2) is 43.5 Å². The van der Waals surface area contributed by atoms with Crippen molar-refractivity contribution in [1.29, 1.82) is 0 Å². The molecule has 0 aromatic rings. The van der Waals surface area contributed by atoms with E-state index in [1.807, 2.05) is 0 Å². The highest BCUT2D eigenvalue weighted by Gasteiger charge is 2.15. The first-order valence-electron chi connectivity index (χ1n) is 5.07. The zero-order valence-electron chi connectivity index (χ0n) is 8.29. The molecule has 1 aliphatic heterocycles. The molecule has 14 heavy (non-hydrogen) atoms. The van der Waals surface area contributed by atoms with Crippen molar-refractivity contribution >= 4 is 6.03 Å². The van der Waals surface area contributed by atoms with Crippen molar-refractivity contribution in [1.82, 2.24) is 10.6 Å². The average Bonchev–Trinajstić information content (AvgIpc) is 2.68. The van der Waals surface area contributed by atoms with E-state index in [0.717, 1.165) is 19.4 Å². The largest absolute Gasteiger partial charge is 0.396 e. The van der Waals surface area contributed by atoms with Crippen molar-refractivity contribution in [3.63, 3.8) is 0 Å². The lowest BCUT2D eigenvalue weighted by Gasteiger charge is -2.11. The number of rotatable bonds is 5. The van der Waals surface area contributed by atoms with Crippen molar-refractivity contribution in [2.75, 3.05) is 26.3 Å². The van der Waals surface area contributed by atoms with E-state index in [9.17, 15) is 4.79 Å². The highest BCUT2D eigenvalue weighted by molar-refractivity contribution is 5.73. The third-order valence-electron chi connectivity index (χ3n) is 2.13. The van der Waals surface area contributed by atoms with Crippen LogP contribution in [0.1, 0.15) is 19.3 Å². The lowest BCUT2D eigenvalue weighted by atomic mass is 10.2. The lowest BCUT2D eigenvalue weighted by molar-refractivity contribution is 0.111. The maximum atomic E-state index is 11.1. The van der Waals surface area contributed by atoms with E-state index in [0.29, 0.717) is 19.5 Å². The molecule has 0 aliphatic carbocycles. The molecule has 1 heterocycles. The predicted molar refractivity (Wildman–Crippen MR) is 52.1 cm³/mol. The average molecular weight is 202 g/mol. The predicted octanol–water partition coefficient (Wildman–Crippen LogP) is -0.153. The smallest absolute Gasteiger partial charge is 0.314 e. The van der Waals surface area contributed by atoms with Gasteiger partial charge in [-0.1, -0.05) is 0 Å². The first kappa shape index (κ1) is 11.3. The van der Waals surface area contributed by atoms with Gasteiger partial charge < -0.3 is 20.5 Å². The van der Waals surface area contributed by atoms with Gasteiger partial charge in [0.25, 0.3) is 0 Å². The van der Waals surface area contributed by atoms with E-state index in [1.165, 1.54) is 0 Å². The number of carbonyl (C=O) groups excluding carboxylic acids is 1. The number of hydrogen-bond donors (Lipinski definition) is 3. The first-order chi connectivity index (χ1) is 6.83. The van der Waals surface area contributed by atoms with E-state index in [2.05, 4.69) is 10.6 Å². The maximum Gasteiger partial charge on any atom is 0.314 e. The molecule has 1 saturated heterocycles. The second-order valence-electron chi connectivity index (χ2n) is 3.35. The molecule has 5 nitrogen and oxygen atoms in total. The minimum absolute atomic E-state index is 0.103. The summed E-state index contributed by atoms with van der Waals surface area (Å²) in [6, 6.07) is -0.186. The molecule has 2 amide bonds. The zero-order valence-corrected chi connectivity index (χ0v) is 8.29. The molecule has 0 spiro atoms. The molecule has 1 aliphatic rings. The summed E-state index contributed by atoms with van der Waals surface area (Å²) in [5.74, 6) is 0. The Bertz CT molecular complexity index is 169. The van der Waals surface area contributed by atoms with Crippen LogP contribution in [0.25, 0.3) is 0 Å².